The summed E-state index contributed by atoms with van der Waals surface area (Å²) in [6.45, 7) is 0.522. The van der Waals surface area contributed by atoms with Crippen LogP contribution in [0.2, 0.25) is 0 Å². The van der Waals surface area contributed by atoms with E-state index in [9.17, 15) is 13.6 Å². The van der Waals surface area contributed by atoms with E-state index in [0.717, 1.165) is 11.8 Å². The minimum absolute atomic E-state index is 0.0408. The maximum absolute atomic E-state index is 13.5. The van der Waals surface area contributed by atoms with Crippen molar-refractivity contribution in [2.24, 2.45) is 0 Å². The van der Waals surface area contributed by atoms with Crippen molar-refractivity contribution >= 4 is 5.78 Å². The van der Waals surface area contributed by atoms with E-state index in [1.807, 2.05) is 18.2 Å². The van der Waals surface area contributed by atoms with Crippen LogP contribution < -0.4 is 0 Å². The van der Waals surface area contributed by atoms with Crippen LogP contribution >= 0.6 is 0 Å². The number of benzene rings is 1. The maximum atomic E-state index is 13.5. The normalized spacial score (nSPS) is 10.8. The third kappa shape index (κ3) is 3.68. The van der Waals surface area contributed by atoms with Gasteiger partial charge < -0.3 is 0 Å². The standard InChI is InChI=1S/C15H14F2N2O/c1-19(9-12-4-2-3-7-18-12)10-15(20)13-6-5-11(16)8-14(13)17/h2-8H,9-10H2,1H3. The molecule has 0 aliphatic heterocycles. The number of likely N-dealkylation sites (N-methyl/N-ethyl adjacent to an activating group) is 1. The van der Waals surface area contributed by atoms with E-state index in [2.05, 4.69) is 4.98 Å². The molecule has 0 saturated carbocycles. The Labute approximate surface area is 115 Å². The zero-order chi connectivity index (χ0) is 14.5. The van der Waals surface area contributed by atoms with Crippen LogP contribution in [0.5, 0.6) is 0 Å². The van der Waals surface area contributed by atoms with Crippen molar-refractivity contribution in [2.45, 2.75) is 6.54 Å². The molecule has 0 aliphatic carbocycles. The monoisotopic (exact) mass is 276 g/mol. The van der Waals surface area contributed by atoms with Gasteiger partial charge in [0.1, 0.15) is 11.6 Å². The molecule has 3 nitrogen and oxygen atoms in total. The number of aromatic nitrogens is 1. The van der Waals surface area contributed by atoms with Crippen LogP contribution in [0, 0.1) is 11.6 Å². The molecule has 0 N–H and O–H groups in total. The number of Topliss-reactive ketones (excluding diaryl/α,β-unsaturated/α-hetero) is 1. The molecule has 0 fully saturated rings. The topological polar surface area (TPSA) is 33.2 Å². The molecule has 0 radical (unpaired) electrons. The van der Waals surface area contributed by atoms with Crippen LogP contribution in [-0.4, -0.2) is 29.3 Å². The third-order valence-corrected chi connectivity index (χ3v) is 2.80. The van der Waals surface area contributed by atoms with Gasteiger partial charge in [-0.1, -0.05) is 6.07 Å². The number of hydrogen-bond acceptors (Lipinski definition) is 3. The summed E-state index contributed by atoms with van der Waals surface area (Å²) >= 11 is 0. The molecule has 0 bridgehead atoms. The molecule has 1 heterocycles. The molecule has 0 atom stereocenters. The second-order valence-electron chi connectivity index (χ2n) is 4.54. The highest BCUT2D eigenvalue weighted by atomic mass is 19.1. The number of rotatable bonds is 5. The van der Waals surface area contributed by atoms with Gasteiger partial charge >= 0.3 is 0 Å². The van der Waals surface area contributed by atoms with E-state index in [1.165, 1.54) is 6.07 Å². The lowest BCUT2D eigenvalue weighted by Crippen LogP contribution is -2.26. The lowest BCUT2D eigenvalue weighted by molar-refractivity contribution is 0.0938. The second kappa shape index (κ2) is 6.34. The van der Waals surface area contributed by atoms with Crippen LogP contribution in [0.15, 0.2) is 42.6 Å². The lowest BCUT2D eigenvalue weighted by atomic mass is 10.1. The van der Waals surface area contributed by atoms with Crippen LogP contribution in [0.3, 0.4) is 0 Å². The van der Waals surface area contributed by atoms with Crippen LogP contribution in [-0.2, 0) is 6.54 Å². The summed E-state index contributed by atoms with van der Waals surface area (Å²) in [5.41, 5.74) is 0.724. The Morgan fingerprint density at radius 2 is 2.05 bits per heavy atom. The first-order valence-corrected chi connectivity index (χ1v) is 6.13. The Balaban J connectivity index is 2.00. The molecule has 1 aromatic heterocycles. The van der Waals surface area contributed by atoms with Crippen molar-refractivity contribution in [1.29, 1.82) is 0 Å². The average molecular weight is 276 g/mol. The largest absolute Gasteiger partial charge is 0.293 e. The van der Waals surface area contributed by atoms with Gasteiger partial charge in [-0.05, 0) is 31.3 Å². The zero-order valence-corrected chi connectivity index (χ0v) is 11.0. The van der Waals surface area contributed by atoms with Crippen molar-refractivity contribution < 1.29 is 13.6 Å². The number of nitrogens with zero attached hydrogens (tertiary/aromatic N) is 2. The summed E-state index contributed by atoms with van der Waals surface area (Å²) in [4.78, 5) is 17.8. The van der Waals surface area contributed by atoms with Gasteiger partial charge in [-0.25, -0.2) is 8.78 Å². The highest BCUT2D eigenvalue weighted by Gasteiger charge is 2.14. The molecular weight excluding hydrogens is 262 g/mol. The van der Waals surface area contributed by atoms with E-state index in [1.54, 1.807) is 18.1 Å². The number of carbonyl (C=O) groups is 1. The van der Waals surface area contributed by atoms with Gasteiger partial charge in [-0.3, -0.25) is 14.7 Å². The molecule has 2 aromatic rings. The summed E-state index contributed by atoms with van der Waals surface area (Å²) in [6.07, 6.45) is 1.67. The summed E-state index contributed by atoms with van der Waals surface area (Å²) in [7, 11) is 1.74. The van der Waals surface area contributed by atoms with Crippen LogP contribution in [0.1, 0.15) is 16.1 Å². The average Bonchev–Trinajstić information content (AvgIpc) is 2.39. The molecule has 0 unspecified atom stereocenters. The minimum Gasteiger partial charge on any atom is -0.293 e. The molecule has 1 aromatic carbocycles. The summed E-state index contributed by atoms with van der Waals surface area (Å²) in [6, 6.07) is 8.47. The molecule has 0 spiro atoms. The van der Waals surface area contributed by atoms with E-state index in [-0.39, 0.29) is 17.9 Å². The fraction of sp³-hybridized carbons (Fsp3) is 0.200. The van der Waals surface area contributed by atoms with E-state index >= 15 is 0 Å². The molecule has 5 heteroatoms. The molecule has 2 rings (SSSR count). The zero-order valence-electron chi connectivity index (χ0n) is 11.0. The van der Waals surface area contributed by atoms with Crippen molar-refractivity contribution in [3.05, 3.63) is 65.5 Å². The highest BCUT2D eigenvalue weighted by molar-refractivity contribution is 5.97. The SMILES string of the molecule is CN(CC(=O)c1ccc(F)cc1F)Cc1ccccn1. The number of ketones is 1. The van der Waals surface area contributed by atoms with E-state index in [0.29, 0.717) is 12.6 Å². The Bertz CT molecular complexity index is 602. The summed E-state index contributed by atoms with van der Waals surface area (Å²) < 4.78 is 26.3. The van der Waals surface area contributed by atoms with Gasteiger partial charge in [0.2, 0.25) is 0 Å². The second-order valence-corrected chi connectivity index (χ2v) is 4.54. The molecular formula is C15H14F2N2O. The Morgan fingerprint density at radius 1 is 1.25 bits per heavy atom. The Morgan fingerprint density at radius 3 is 2.70 bits per heavy atom. The predicted octanol–water partition coefficient (Wildman–Crippen LogP) is 2.67. The lowest BCUT2D eigenvalue weighted by Gasteiger charge is -2.15. The van der Waals surface area contributed by atoms with Gasteiger partial charge in [0.05, 0.1) is 17.8 Å². The Kier molecular flexibility index (Phi) is 4.53. The van der Waals surface area contributed by atoms with Crippen LogP contribution in [0.4, 0.5) is 8.78 Å². The Hall–Kier alpha value is -2.14. The fourth-order valence-corrected chi connectivity index (χ4v) is 1.87. The summed E-state index contributed by atoms with van der Waals surface area (Å²) in [5.74, 6) is -1.91. The van der Waals surface area contributed by atoms with Crippen molar-refractivity contribution in [2.75, 3.05) is 13.6 Å². The van der Waals surface area contributed by atoms with Gasteiger partial charge in [0.25, 0.3) is 0 Å². The quantitative estimate of drug-likeness (QED) is 0.787. The molecule has 104 valence electrons. The number of hydrogen-bond donors (Lipinski definition) is 0. The van der Waals surface area contributed by atoms with Gasteiger partial charge in [0, 0.05) is 18.8 Å². The fourth-order valence-electron chi connectivity index (χ4n) is 1.87. The van der Waals surface area contributed by atoms with Gasteiger partial charge in [-0.2, -0.15) is 0 Å². The highest BCUT2D eigenvalue weighted by Crippen LogP contribution is 2.11. The molecule has 0 saturated heterocycles. The first kappa shape index (κ1) is 14.3. The first-order chi connectivity index (χ1) is 9.56. The van der Waals surface area contributed by atoms with E-state index in [4.69, 9.17) is 0 Å². The van der Waals surface area contributed by atoms with Crippen molar-refractivity contribution in [3.8, 4) is 0 Å². The number of halogens is 2. The van der Waals surface area contributed by atoms with Gasteiger partial charge in [0.15, 0.2) is 5.78 Å². The van der Waals surface area contributed by atoms with Gasteiger partial charge in [-0.15, -0.1) is 0 Å². The third-order valence-electron chi connectivity index (χ3n) is 2.80. The van der Waals surface area contributed by atoms with E-state index < -0.39 is 11.6 Å². The number of carbonyl (C=O) groups excluding carboxylic acids is 1. The summed E-state index contributed by atoms with van der Waals surface area (Å²) in [5, 5.41) is 0. The van der Waals surface area contributed by atoms with Crippen molar-refractivity contribution in [3.63, 3.8) is 0 Å². The van der Waals surface area contributed by atoms with Crippen LogP contribution in [0.25, 0.3) is 0 Å². The molecule has 0 amide bonds. The first-order valence-electron chi connectivity index (χ1n) is 6.13. The maximum Gasteiger partial charge on any atom is 0.179 e. The molecule has 0 aliphatic rings. The number of pyridine rings is 1. The minimum atomic E-state index is -0.832. The van der Waals surface area contributed by atoms with Crippen molar-refractivity contribution in [1.82, 2.24) is 9.88 Å². The molecule has 20 heavy (non-hydrogen) atoms. The smallest absolute Gasteiger partial charge is 0.179 e. The predicted molar refractivity (Wildman–Crippen MR) is 71.3 cm³/mol.